The summed E-state index contributed by atoms with van der Waals surface area (Å²) in [5, 5.41) is 14.2. The molecule has 0 saturated carbocycles. The molecule has 0 radical (unpaired) electrons. The second-order valence-electron chi connectivity index (χ2n) is 4.77. The predicted octanol–water partition coefficient (Wildman–Crippen LogP) is 2.32. The molecule has 0 amide bonds. The van der Waals surface area contributed by atoms with Crippen molar-refractivity contribution in [3.05, 3.63) is 29.6 Å². The van der Waals surface area contributed by atoms with Crippen LogP contribution < -0.4 is 4.74 Å². The summed E-state index contributed by atoms with van der Waals surface area (Å²) in [6, 6.07) is 0. The van der Waals surface area contributed by atoms with Crippen LogP contribution in [0.25, 0.3) is 11.0 Å². The van der Waals surface area contributed by atoms with Crippen molar-refractivity contribution in [1.82, 2.24) is 14.8 Å². The lowest BCUT2D eigenvalue weighted by Gasteiger charge is -2.10. The highest BCUT2D eigenvalue weighted by Crippen LogP contribution is 2.31. The van der Waals surface area contributed by atoms with Gasteiger partial charge >= 0.3 is 5.97 Å². The lowest BCUT2D eigenvalue weighted by molar-refractivity contribution is 0.0692. The smallest absolute Gasteiger partial charge is 0.341 e. The molecule has 2 rings (SSSR count). The SMILES string of the molecule is C=C(C)CCOc1c(C(=O)O)cnc2c1c(C)nn2C. The number of fused-ring (bicyclic) bond motifs is 1. The van der Waals surface area contributed by atoms with Gasteiger partial charge in [0.25, 0.3) is 0 Å². The highest BCUT2D eigenvalue weighted by Gasteiger charge is 2.20. The van der Waals surface area contributed by atoms with Crippen molar-refractivity contribution < 1.29 is 14.6 Å². The average Bonchev–Trinajstić information content (AvgIpc) is 2.64. The van der Waals surface area contributed by atoms with Crippen molar-refractivity contribution in [2.45, 2.75) is 20.3 Å². The van der Waals surface area contributed by atoms with E-state index in [4.69, 9.17) is 4.74 Å². The molecule has 0 aliphatic rings. The third kappa shape index (κ3) is 2.49. The number of rotatable bonds is 5. The van der Waals surface area contributed by atoms with Gasteiger partial charge in [-0.1, -0.05) is 5.57 Å². The van der Waals surface area contributed by atoms with Gasteiger partial charge in [0.05, 0.1) is 17.7 Å². The summed E-state index contributed by atoms with van der Waals surface area (Å²) in [6.07, 6.45) is 1.98. The van der Waals surface area contributed by atoms with E-state index >= 15 is 0 Å². The minimum absolute atomic E-state index is 0.0512. The first-order valence-electron chi connectivity index (χ1n) is 6.24. The topological polar surface area (TPSA) is 77.2 Å². The average molecular weight is 275 g/mol. The molecule has 6 heteroatoms. The minimum Gasteiger partial charge on any atom is -0.491 e. The van der Waals surface area contributed by atoms with Gasteiger partial charge in [0.15, 0.2) is 5.65 Å². The zero-order valence-electron chi connectivity index (χ0n) is 11.8. The Morgan fingerprint density at radius 1 is 1.55 bits per heavy atom. The second-order valence-corrected chi connectivity index (χ2v) is 4.77. The van der Waals surface area contributed by atoms with Crippen LogP contribution in [-0.2, 0) is 7.05 Å². The van der Waals surface area contributed by atoms with Gasteiger partial charge in [-0.25, -0.2) is 9.78 Å². The molecule has 0 fully saturated rings. The Balaban J connectivity index is 2.53. The van der Waals surface area contributed by atoms with Gasteiger partial charge in [-0.05, 0) is 13.8 Å². The second kappa shape index (κ2) is 5.32. The molecule has 2 heterocycles. The Kier molecular flexibility index (Phi) is 3.74. The zero-order valence-corrected chi connectivity index (χ0v) is 11.8. The van der Waals surface area contributed by atoms with Gasteiger partial charge < -0.3 is 9.84 Å². The molecule has 2 aromatic heterocycles. The van der Waals surface area contributed by atoms with Crippen LogP contribution in [0.2, 0.25) is 0 Å². The van der Waals surface area contributed by atoms with Gasteiger partial charge in [0.1, 0.15) is 11.3 Å². The fraction of sp³-hybridized carbons (Fsp3) is 0.357. The van der Waals surface area contributed by atoms with Crippen molar-refractivity contribution in [2.75, 3.05) is 6.61 Å². The number of aryl methyl sites for hydroxylation is 2. The molecule has 0 aliphatic carbocycles. The highest BCUT2D eigenvalue weighted by molar-refractivity contribution is 5.98. The largest absolute Gasteiger partial charge is 0.491 e. The fourth-order valence-corrected chi connectivity index (χ4v) is 2.01. The maximum atomic E-state index is 11.3. The molecule has 0 atom stereocenters. The molecule has 0 aliphatic heterocycles. The summed E-state index contributed by atoms with van der Waals surface area (Å²) in [4.78, 5) is 15.5. The maximum Gasteiger partial charge on any atom is 0.341 e. The fourth-order valence-electron chi connectivity index (χ4n) is 2.01. The molecule has 6 nitrogen and oxygen atoms in total. The molecule has 0 unspecified atom stereocenters. The van der Waals surface area contributed by atoms with E-state index in [1.807, 2.05) is 6.92 Å². The van der Waals surface area contributed by atoms with Crippen LogP contribution in [0.3, 0.4) is 0 Å². The summed E-state index contributed by atoms with van der Waals surface area (Å²) in [6.45, 7) is 7.89. The molecule has 0 aromatic carbocycles. The Bertz CT molecular complexity index is 689. The van der Waals surface area contributed by atoms with E-state index in [1.165, 1.54) is 6.20 Å². The third-order valence-corrected chi connectivity index (χ3v) is 2.99. The summed E-state index contributed by atoms with van der Waals surface area (Å²) >= 11 is 0. The van der Waals surface area contributed by atoms with Crippen LogP contribution in [0.4, 0.5) is 0 Å². The van der Waals surface area contributed by atoms with Crippen LogP contribution >= 0.6 is 0 Å². The number of carboxylic acids is 1. The molecule has 20 heavy (non-hydrogen) atoms. The summed E-state index contributed by atoms with van der Waals surface area (Å²) in [5.41, 5.74) is 2.34. The third-order valence-electron chi connectivity index (χ3n) is 2.99. The molecule has 2 aromatic rings. The van der Waals surface area contributed by atoms with Gasteiger partial charge in [-0.15, -0.1) is 6.58 Å². The van der Waals surface area contributed by atoms with Crippen LogP contribution in [-0.4, -0.2) is 32.4 Å². The highest BCUT2D eigenvalue weighted by atomic mass is 16.5. The molecular formula is C14H17N3O3. The van der Waals surface area contributed by atoms with Crippen LogP contribution in [0.1, 0.15) is 29.4 Å². The Morgan fingerprint density at radius 3 is 2.85 bits per heavy atom. The maximum absolute atomic E-state index is 11.3. The predicted molar refractivity (Wildman–Crippen MR) is 75.1 cm³/mol. The number of ether oxygens (including phenoxy) is 1. The molecular weight excluding hydrogens is 258 g/mol. The first-order chi connectivity index (χ1) is 9.41. The van der Waals surface area contributed by atoms with Gasteiger partial charge in [0, 0.05) is 19.7 Å². The summed E-state index contributed by atoms with van der Waals surface area (Å²) in [7, 11) is 1.76. The quantitative estimate of drug-likeness (QED) is 0.847. The van der Waals surface area contributed by atoms with Crippen molar-refractivity contribution in [3.63, 3.8) is 0 Å². The lowest BCUT2D eigenvalue weighted by Crippen LogP contribution is -2.06. The molecule has 1 N–H and O–H groups in total. The lowest BCUT2D eigenvalue weighted by atomic mass is 10.1. The minimum atomic E-state index is -1.06. The molecule has 0 saturated heterocycles. The summed E-state index contributed by atoms with van der Waals surface area (Å²) < 4.78 is 7.29. The first-order valence-corrected chi connectivity index (χ1v) is 6.24. The van der Waals surface area contributed by atoms with Crippen LogP contribution in [0, 0.1) is 6.92 Å². The molecule has 0 spiro atoms. The molecule has 106 valence electrons. The monoisotopic (exact) mass is 275 g/mol. The van der Waals surface area contributed by atoms with E-state index in [2.05, 4.69) is 16.7 Å². The van der Waals surface area contributed by atoms with Gasteiger partial charge in [-0.3, -0.25) is 4.68 Å². The van der Waals surface area contributed by atoms with Gasteiger partial charge in [-0.2, -0.15) is 5.10 Å². The summed E-state index contributed by atoms with van der Waals surface area (Å²) in [5.74, 6) is -0.734. The van der Waals surface area contributed by atoms with Crippen LogP contribution in [0.15, 0.2) is 18.3 Å². The van der Waals surface area contributed by atoms with Crippen molar-refractivity contribution in [2.24, 2.45) is 7.05 Å². The number of hydrogen-bond acceptors (Lipinski definition) is 4. The first kappa shape index (κ1) is 14.0. The normalized spacial score (nSPS) is 10.8. The van der Waals surface area contributed by atoms with Crippen molar-refractivity contribution in [1.29, 1.82) is 0 Å². The van der Waals surface area contributed by atoms with Crippen molar-refractivity contribution >= 4 is 17.0 Å². The zero-order chi connectivity index (χ0) is 14.9. The van der Waals surface area contributed by atoms with E-state index < -0.39 is 5.97 Å². The van der Waals surface area contributed by atoms with E-state index in [0.717, 1.165) is 5.57 Å². The number of pyridine rings is 1. The Hall–Kier alpha value is -2.37. The number of carbonyl (C=O) groups is 1. The number of nitrogens with zero attached hydrogens (tertiary/aromatic N) is 3. The number of aromatic nitrogens is 3. The standard InChI is InChI=1S/C14H17N3O3/c1-8(2)5-6-20-12-10(14(18)19)7-15-13-11(12)9(3)16-17(13)4/h7H,1,5-6H2,2-4H3,(H,18,19). The Morgan fingerprint density at radius 2 is 2.25 bits per heavy atom. The Labute approximate surface area is 116 Å². The van der Waals surface area contributed by atoms with E-state index in [0.29, 0.717) is 35.5 Å². The number of aromatic carboxylic acids is 1. The van der Waals surface area contributed by atoms with E-state index in [9.17, 15) is 9.90 Å². The van der Waals surface area contributed by atoms with Gasteiger partial charge in [0.2, 0.25) is 0 Å². The number of carboxylic acid groups (broad SMARTS) is 1. The van der Waals surface area contributed by atoms with Crippen LogP contribution in [0.5, 0.6) is 5.75 Å². The van der Waals surface area contributed by atoms with E-state index in [1.54, 1.807) is 18.7 Å². The number of hydrogen-bond donors (Lipinski definition) is 1. The van der Waals surface area contributed by atoms with E-state index in [-0.39, 0.29) is 5.56 Å². The van der Waals surface area contributed by atoms with Crippen molar-refractivity contribution in [3.8, 4) is 5.75 Å². The molecule has 0 bridgehead atoms.